The summed E-state index contributed by atoms with van der Waals surface area (Å²) in [6, 6.07) is 18.4. The summed E-state index contributed by atoms with van der Waals surface area (Å²) in [6.45, 7) is 1.90. The number of rotatable bonds is 5. The molecule has 1 atom stereocenters. The summed E-state index contributed by atoms with van der Waals surface area (Å²) >= 11 is 0. The highest BCUT2D eigenvalue weighted by Crippen LogP contribution is 2.17. The molecule has 0 aliphatic rings. The van der Waals surface area contributed by atoms with Crippen molar-refractivity contribution in [2.75, 3.05) is 0 Å². The Bertz CT molecular complexity index is 1200. The van der Waals surface area contributed by atoms with Gasteiger partial charge in [-0.3, -0.25) is 9.59 Å². The Labute approximate surface area is 166 Å². The van der Waals surface area contributed by atoms with Gasteiger partial charge in [0.25, 0.3) is 11.8 Å². The van der Waals surface area contributed by atoms with Crippen LogP contribution >= 0.6 is 0 Å². The van der Waals surface area contributed by atoms with E-state index in [1.54, 1.807) is 6.07 Å². The average molecular weight is 386 g/mol. The first-order valence-corrected chi connectivity index (χ1v) is 9.00. The lowest BCUT2D eigenvalue weighted by Gasteiger charge is -2.15. The number of carbonyl (C=O) groups is 2. The maximum Gasteiger partial charge on any atom is 0.270 e. The lowest BCUT2D eigenvalue weighted by atomic mass is 10.1. The van der Waals surface area contributed by atoms with E-state index in [4.69, 9.17) is 5.73 Å². The molecule has 2 amide bonds. The molecule has 0 radical (unpaired) electrons. The van der Waals surface area contributed by atoms with E-state index in [-0.39, 0.29) is 17.6 Å². The molecule has 8 heteroatoms. The number of aromatic nitrogens is 4. The van der Waals surface area contributed by atoms with Crippen LogP contribution in [0.2, 0.25) is 0 Å². The zero-order valence-corrected chi connectivity index (χ0v) is 15.6. The van der Waals surface area contributed by atoms with Crippen LogP contribution in [-0.4, -0.2) is 31.8 Å². The molecule has 0 spiro atoms. The zero-order chi connectivity index (χ0) is 20.4. The van der Waals surface area contributed by atoms with Gasteiger partial charge in [-0.15, -0.1) is 5.10 Å². The fraction of sp³-hybridized carbons (Fsp3) is 0.0952. The first-order valence-electron chi connectivity index (χ1n) is 9.00. The van der Waals surface area contributed by atoms with Crippen molar-refractivity contribution >= 4 is 22.7 Å². The van der Waals surface area contributed by atoms with Gasteiger partial charge in [0.1, 0.15) is 5.69 Å². The largest absolute Gasteiger partial charge is 0.364 e. The van der Waals surface area contributed by atoms with Crippen LogP contribution in [0.25, 0.3) is 16.6 Å². The number of hydrogen-bond acceptors (Lipinski definition) is 5. The Morgan fingerprint density at radius 1 is 1.00 bits per heavy atom. The van der Waals surface area contributed by atoms with Crippen molar-refractivity contribution < 1.29 is 9.59 Å². The van der Waals surface area contributed by atoms with Crippen molar-refractivity contribution in [3.8, 4) is 5.69 Å². The fourth-order valence-electron chi connectivity index (χ4n) is 2.97. The Morgan fingerprint density at radius 3 is 2.48 bits per heavy atom. The Balaban J connectivity index is 1.47. The van der Waals surface area contributed by atoms with Crippen LogP contribution in [0.5, 0.6) is 0 Å². The molecule has 2 heterocycles. The van der Waals surface area contributed by atoms with E-state index in [1.165, 1.54) is 10.9 Å². The van der Waals surface area contributed by atoms with Crippen LogP contribution < -0.4 is 11.1 Å². The van der Waals surface area contributed by atoms with Crippen molar-refractivity contribution in [3.63, 3.8) is 0 Å². The van der Waals surface area contributed by atoms with Crippen LogP contribution in [0.15, 0.2) is 66.9 Å². The number of nitrogens with one attached hydrogen (secondary N) is 1. The summed E-state index contributed by atoms with van der Waals surface area (Å²) in [6.07, 6.45) is 1.47. The molecule has 0 saturated heterocycles. The first kappa shape index (κ1) is 18.3. The van der Waals surface area contributed by atoms with Crippen LogP contribution in [0.1, 0.15) is 39.5 Å². The maximum atomic E-state index is 12.6. The van der Waals surface area contributed by atoms with Gasteiger partial charge in [0, 0.05) is 5.39 Å². The number of para-hydroxylation sites is 1. The van der Waals surface area contributed by atoms with E-state index in [2.05, 4.69) is 20.6 Å². The third-order valence-electron chi connectivity index (χ3n) is 4.58. The molecule has 0 saturated carbocycles. The molecule has 0 aliphatic carbocycles. The monoisotopic (exact) mass is 386 g/mol. The van der Waals surface area contributed by atoms with Gasteiger partial charge in [-0.25, -0.2) is 9.67 Å². The summed E-state index contributed by atoms with van der Waals surface area (Å²) < 4.78 is 1.46. The number of carbonyl (C=O) groups excluding carboxylic acids is 2. The van der Waals surface area contributed by atoms with E-state index in [9.17, 15) is 9.59 Å². The number of pyridine rings is 1. The molecule has 29 heavy (non-hydrogen) atoms. The molecular formula is C21H18N6O2. The Morgan fingerprint density at radius 2 is 1.76 bits per heavy atom. The first-order chi connectivity index (χ1) is 14.0. The van der Waals surface area contributed by atoms with Gasteiger partial charge < -0.3 is 11.1 Å². The highest BCUT2D eigenvalue weighted by Gasteiger charge is 2.14. The third-order valence-corrected chi connectivity index (χ3v) is 4.58. The van der Waals surface area contributed by atoms with Gasteiger partial charge in [0.05, 0.1) is 23.4 Å². The number of benzene rings is 2. The van der Waals surface area contributed by atoms with Gasteiger partial charge in [0.2, 0.25) is 0 Å². The molecule has 8 nitrogen and oxygen atoms in total. The van der Waals surface area contributed by atoms with Crippen molar-refractivity contribution in [1.29, 1.82) is 0 Å². The summed E-state index contributed by atoms with van der Waals surface area (Å²) in [5.41, 5.74) is 8.08. The maximum absolute atomic E-state index is 12.6. The van der Waals surface area contributed by atoms with E-state index >= 15 is 0 Å². The smallest absolute Gasteiger partial charge is 0.270 e. The second-order valence-electron chi connectivity index (χ2n) is 6.59. The van der Waals surface area contributed by atoms with E-state index in [1.807, 2.05) is 61.5 Å². The number of hydrogen-bond donors (Lipinski definition) is 2. The highest BCUT2D eigenvalue weighted by molar-refractivity contribution is 5.95. The molecule has 0 fully saturated rings. The number of nitrogens with two attached hydrogens (primary N) is 1. The molecule has 4 rings (SSSR count). The van der Waals surface area contributed by atoms with Gasteiger partial charge in [0.15, 0.2) is 5.69 Å². The van der Waals surface area contributed by atoms with E-state index < -0.39 is 5.91 Å². The van der Waals surface area contributed by atoms with Crippen LogP contribution in [0.3, 0.4) is 0 Å². The second-order valence-corrected chi connectivity index (χ2v) is 6.59. The predicted molar refractivity (Wildman–Crippen MR) is 108 cm³/mol. The average Bonchev–Trinajstić information content (AvgIpc) is 3.24. The Kier molecular flexibility index (Phi) is 4.74. The second kappa shape index (κ2) is 7.51. The lowest BCUT2D eigenvalue weighted by Crippen LogP contribution is -2.27. The standard InChI is InChI=1S/C21H18N6O2/c1-13(23-21(29)18-11-8-15-4-2-3-5-17(15)24-18)14-6-9-16(10-7-14)27-12-19(20(22)28)25-26-27/h2-13H,1H3,(H2,22,28)(H,23,29)/t13-/m1/s1. The van der Waals surface area contributed by atoms with Gasteiger partial charge in [-0.2, -0.15) is 0 Å². The molecule has 0 unspecified atom stereocenters. The number of amides is 2. The predicted octanol–water partition coefficient (Wildman–Crippen LogP) is 2.41. The van der Waals surface area contributed by atoms with E-state index in [0.717, 1.165) is 22.2 Å². The van der Waals surface area contributed by atoms with Crippen LogP contribution in [0, 0.1) is 0 Å². The van der Waals surface area contributed by atoms with Crippen molar-refractivity contribution in [2.24, 2.45) is 5.73 Å². The van der Waals surface area contributed by atoms with E-state index in [0.29, 0.717) is 5.69 Å². The Hall–Kier alpha value is -4.07. The third kappa shape index (κ3) is 3.81. The minimum Gasteiger partial charge on any atom is -0.364 e. The number of fused-ring (bicyclic) bond motifs is 1. The van der Waals surface area contributed by atoms with Crippen molar-refractivity contribution in [2.45, 2.75) is 13.0 Å². The molecule has 4 aromatic rings. The molecule has 2 aromatic heterocycles. The molecule has 0 bridgehead atoms. The molecule has 3 N–H and O–H groups in total. The normalized spacial score (nSPS) is 11.9. The summed E-state index contributed by atoms with van der Waals surface area (Å²) in [4.78, 5) is 28.2. The van der Waals surface area contributed by atoms with Gasteiger partial charge in [-0.05, 0) is 36.8 Å². The van der Waals surface area contributed by atoms with Crippen LogP contribution in [0.4, 0.5) is 0 Å². The number of nitrogens with zero attached hydrogens (tertiary/aromatic N) is 4. The molecule has 144 valence electrons. The number of primary amides is 1. The summed E-state index contributed by atoms with van der Waals surface area (Å²) in [5.74, 6) is -0.874. The van der Waals surface area contributed by atoms with Gasteiger partial charge in [-0.1, -0.05) is 41.6 Å². The van der Waals surface area contributed by atoms with Crippen molar-refractivity contribution in [1.82, 2.24) is 25.3 Å². The summed E-state index contributed by atoms with van der Waals surface area (Å²) in [7, 11) is 0. The quantitative estimate of drug-likeness (QED) is 0.546. The minimum absolute atomic E-state index is 0.0950. The minimum atomic E-state index is -0.633. The summed E-state index contributed by atoms with van der Waals surface area (Å²) in [5, 5.41) is 11.5. The highest BCUT2D eigenvalue weighted by atomic mass is 16.2. The van der Waals surface area contributed by atoms with Crippen molar-refractivity contribution in [3.05, 3.63) is 83.8 Å². The molecule has 2 aromatic carbocycles. The topological polar surface area (TPSA) is 116 Å². The zero-order valence-electron chi connectivity index (χ0n) is 15.6. The molecule has 0 aliphatic heterocycles. The SMILES string of the molecule is C[C@@H](NC(=O)c1ccc2ccccc2n1)c1ccc(-n2cc(C(N)=O)nn2)cc1. The van der Waals surface area contributed by atoms with Crippen LogP contribution in [-0.2, 0) is 0 Å². The van der Waals surface area contributed by atoms with Gasteiger partial charge >= 0.3 is 0 Å². The molecular weight excluding hydrogens is 368 g/mol. The lowest BCUT2D eigenvalue weighted by molar-refractivity contribution is 0.0934. The fourth-order valence-corrected chi connectivity index (χ4v) is 2.97.